The lowest BCUT2D eigenvalue weighted by Crippen LogP contribution is -2.13. The summed E-state index contributed by atoms with van der Waals surface area (Å²) in [4.78, 5) is 23.1. The fourth-order valence-electron chi connectivity index (χ4n) is 1.73. The largest absolute Gasteiger partial charge is 0.462 e. The van der Waals surface area contributed by atoms with Crippen LogP contribution in [-0.2, 0) is 14.3 Å². The predicted molar refractivity (Wildman–Crippen MR) is 88.5 cm³/mol. The van der Waals surface area contributed by atoms with E-state index < -0.39 is 5.97 Å². The van der Waals surface area contributed by atoms with Crippen LogP contribution in [0.4, 0.5) is 11.4 Å². The third-order valence-electron chi connectivity index (χ3n) is 2.76. The number of anilines is 2. The number of hydrogen-bond donors (Lipinski definition) is 2. The Kier molecular flexibility index (Phi) is 7.34. The summed E-state index contributed by atoms with van der Waals surface area (Å²) in [5.41, 5.74) is 1.26. The molecule has 0 unspecified atom stereocenters. The minimum Gasteiger partial charge on any atom is -0.462 e. The molecule has 1 amide bonds. The molecule has 0 spiro atoms. The zero-order chi connectivity index (χ0) is 17.2. The second-order valence-electron chi connectivity index (χ2n) is 5.26. The number of esters is 1. The number of nitrogens with zero attached hydrogens (tertiary/aromatic N) is 1. The third-order valence-corrected chi connectivity index (χ3v) is 2.76. The van der Waals surface area contributed by atoms with Crippen molar-refractivity contribution in [3.63, 3.8) is 0 Å². The van der Waals surface area contributed by atoms with E-state index in [9.17, 15) is 9.59 Å². The first-order chi connectivity index (χ1) is 11.0. The van der Waals surface area contributed by atoms with Gasteiger partial charge in [-0.15, -0.1) is 0 Å². The van der Waals surface area contributed by atoms with Crippen LogP contribution in [0.5, 0.6) is 0 Å². The molecule has 0 saturated heterocycles. The van der Waals surface area contributed by atoms with Gasteiger partial charge in [-0.05, 0) is 37.1 Å². The summed E-state index contributed by atoms with van der Waals surface area (Å²) < 4.78 is 4.76. The summed E-state index contributed by atoms with van der Waals surface area (Å²) in [6.45, 7) is 5.85. The Labute approximate surface area is 136 Å². The minimum atomic E-state index is -0.667. The number of nitriles is 1. The molecule has 1 rings (SSSR count). The zero-order valence-corrected chi connectivity index (χ0v) is 13.6. The molecule has 0 fully saturated rings. The van der Waals surface area contributed by atoms with Gasteiger partial charge in [0.05, 0.1) is 6.61 Å². The lowest BCUT2D eigenvalue weighted by atomic mass is 10.1. The molecule has 0 saturated carbocycles. The van der Waals surface area contributed by atoms with Gasteiger partial charge in [-0.2, -0.15) is 5.26 Å². The predicted octanol–water partition coefficient (Wildman–Crippen LogP) is 3.05. The van der Waals surface area contributed by atoms with Crippen LogP contribution >= 0.6 is 0 Å². The number of benzene rings is 1. The first-order valence-electron chi connectivity index (χ1n) is 7.40. The van der Waals surface area contributed by atoms with Crippen molar-refractivity contribution in [1.29, 1.82) is 5.26 Å². The Bertz CT molecular complexity index is 613. The average Bonchev–Trinajstić information content (AvgIpc) is 2.49. The normalized spacial score (nSPS) is 10.8. The van der Waals surface area contributed by atoms with E-state index in [4.69, 9.17) is 10.00 Å². The van der Waals surface area contributed by atoms with Crippen LogP contribution in [0, 0.1) is 17.2 Å². The van der Waals surface area contributed by atoms with Crippen LogP contribution in [-0.4, -0.2) is 18.5 Å². The Hall–Kier alpha value is -2.81. The molecule has 0 radical (unpaired) electrons. The maximum Gasteiger partial charge on any atom is 0.350 e. The van der Waals surface area contributed by atoms with Gasteiger partial charge in [0.1, 0.15) is 6.07 Å². The fraction of sp³-hybridized carbons (Fsp3) is 0.353. The van der Waals surface area contributed by atoms with Crippen LogP contribution in [0.25, 0.3) is 0 Å². The van der Waals surface area contributed by atoms with E-state index in [1.807, 2.05) is 13.8 Å². The molecule has 0 bridgehead atoms. The number of carbonyl (C=O) groups excluding carboxylic acids is 2. The molecule has 0 aliphatic carbocycles. The van der Waals surface area contributed by atoms with Gasteiger partial charge in [-0.1, -0.05) is 13.8 Å². The molecule has 0 aliphatic rings. The molecule has 6 nitrogen and oxygen atoms in total. The van der Waals surface area contributed by atoms with Crippen molar-refractivity contribution in [3.05, 3.63) is 36.0 Å². The quantitative estimate of drug-likeness (QED) is 0.458. The van der Waals surface area contributed by atoms with Crippen molar-refractivity contribution in [2.24, 2.45) is 5.92 Å². The van der Waals surface area contributed by atoms with Crippen molar-refractivity contribution in [1.82, 2.24) is 0 Å². The van der Waals surface area contributed by atoms with Crippen LogP contribution < -0.4 is 10.6 Å². The lowest BCUT2D eigenvalue weighted by Gasteiger charge is -2.08. The lowest BCUT2D eigenvalue weighted by molar-refractivity contribution is -0.138. The Morgan fingerprint density at radius 3 is 2.39 bits per heavy atom. The number of rotatable bonds is 7. The van der Waals surface area contributed by atoms with Crippen LogP contribution in [0.3, 0.4) is 0 Å². The van der Waals surface area contributed by atoms with Gasteiger partial charge in [0, 0.05) is 24.0 Å². The first-order valence-corrected chi connectivity index (χ1v) is 7.40. The van der Waals surface area contributed by atoms with E-state index in [2.05, 4.69) is 10.6 Å². The molecule has 0 aliphatic heterocycles. The summed E-state index contributed by atoms with van der Waals surface area (Å²) in [7, 11) is 0. The van der Waals surface area contributed by atoms with Crippen molar-refractivity contribution in [3.8, 4) is 6.07 Å². The maximum absolute atomic E-state index is 11.7. The number of hydrogen-bond acceptors (Lipinski definition) is 5. The van der Waals surface area contributed by atoms with E-state index in [-0.39, 0.29) is 18.1 Å². The molecular weight excluding hydrogens is 294 g/mol. The van der Waals surface area contributed by atoms with Gasteiger partial charge in [0.15, 0.2) is 5.57 Å². The summed E-state index contributed by atoms with van der Waals surface area (Å²) >= 11 is 0. The minimum absolute atomic E-state index is 0.0327. The highest BCUT2D eigenvalue weighted by Crippen LogP contribution is 2.15. The molecule has 6 heteroatoms. The molecule has 2 N–H and O–H groups in total. The first kappa shape index (κ1) is 18.2. The summed E-state index contributed by atoms with van der Waals surface area (Å²) in [6, 6.07) is 8.74. The Morgan fingerprint density at radius 1 is 1.26 bits per heavy atom. The summed E-state index contributed by atoms with van der Waals surface area (Å²) in [5, 5.41) is 14.6. The number of carbonyl (C=O) groups is 2. The van der Waals surface area contributed by atoms with Crippen molar-refractivity contribution in [2.45, 2.75) is 27.2 Å². The van der Waals surface area contributed by atoms with Crippen molar-refractivity contribution < 1.29 is 14.3 Å². The SMILES string of the molecule is CCOC(=O)/C(C#N)=C\Nc1ccc(NC(=O)CC(C)C)cc1. The van der Waals surface area contributed by atoms with Crippen molar-refractivity contribution >= 4 is 23.3 Å². The second kappa shape index (κ2) is 9.26. The average molecular weight is 315 g/mol. The topological polar surface area (TPSA) is 91.2 Å². The van der Waals surface area contributed by atoms with Gasteiger partial charge in [-0.3, -0.25) is 4.79 Å². The van der Waals surface area contributed by atoms with Gasteiger partial charge in [0.25, 0.3) is 0 Å². The smallest absolute Gasteiger partial charge is 0.350 e. The summed E-state index contributed by atoms with van der Waals surface area (Å²) in [5.74, 6) is -0.400. The van der Waals surface area contributed by atoms with Crippen molar-refractivity contribution in [2.75, 3.05) is 17.2 Å². The van der Waals surface area contributed by atoms with Crippen LogP contribution in [0.15, 0.2) is 36.0 Å². The van der Waals surface area contributed by atoms with E-state index in [1.54, 1.807) is 37.3 Å². The standard InChI is InChI=1S/C17H21N3O3/c1-4-23-17(22)13(10-18)11-19-14-5-7-15(8-6-14)20-16(21)9-12(2)3/h5-8,11-12,19H,4,9H2,1-3H3,(H,20,21)/b13-11-. The third kappa shape index (κ3) is 6.66. The van der Waals surface area contributed by atoms with E-state index in [0.29, 0.717) is 23.7 Å². The number of nitrogens with one attached hydrogen (secondary N) is 2. The highest BCUT2D eigenvalue weighted by Gasteiger charge is 2.09. The molecule has 1 aromatic rings. The van der Waals surface area contributed by atoms with Crippen LogP contribution in [0.1, 0.15) is 27.2 Å². The highest BCUT2D eigenvalue weighted by atomic mass is 16.5. The van der Waals surface area contributed by atoms with Gasteiger partial charge < -0.3 is 15.4 Å². The molecule has 0 heterocycles. The van der Waals surface area contributed by atoms with Gasteiger partial charge >= 0.3 is 5.97 Å². The van der Waals surface area contributed by atoms with E-state index in [1.165, 1.54) is 6.20 Å². The zero-order valence-electron chi connectivity index (χ0n) is 13.6. The summed E-state index contributed by atoms with van der Waals surface area (Å²) in [6.07, 6.45) is 1.76. The van der Waals surface area contributed by atoms with Gasteiger partial charge in [0.2, 0.25) is 5.91 Å². The van der Waals surface area contributed by atoms with E-state index >= 15 is 0 Å². The maximum atomic E-state index is 11.7. The number of ether oxygens (including phenoxy) is 1. The molecule has 0 atom stereocenters. The molecule has 122 valence electrons. The van der Waals surface area contributed by atoms with E-state index in [0.717, 1.165) is 0 Å². The van der Waals surface area contributed by atoms with Crippen LogP contribution in [0.2, 0.25) is 0 Å². The second-order valence-corrected chi connectivity index (χ2v) is 5.26. The monoisotopic (exact) mass is 315 g/mol. The van der Waals surface area contributed by atoms with Gasteiger partial charge in [-0.25, -0.2) is 4.79 Å². The Morgan fingerprint density at radius 2 is 1.87 bits per heavy atom. The Balaban J connectivity index is 2.65. The molecular formula is C17H21N3O3. The molecule has 1 aromatic carbocycles. The molecule has 0 aromatic heterocycles. The number of amides is 1. The fourth-order valence-corrected chi connectivity index (χ4v) is 1.73. The molecule has 23 heavy (non-hydrogen) atoms. The highest BCUT2D eigenvalue weighted by molar-refractivity contribution is 5.93.